The molecule has 0 bridgehead atoms. The van der Waals surface area contributed by atoms with Crippen molar-refractivity contribution in [3.05, 3.63) is 63.9 Å². The molecule has 0 aliphatic heterocycles. The van der Waals surface area contributed by atoms with E-state index in [1.54, 1.807) is 18.2 Å². The van der Waals surface area contributed by atoms with Crippen molar-refractivity contribution in [1.29, 1.82) is 5.26 Å². The first-order chi connectivity index (χ1) is 8.69. The van der Waals surface area contributed by atoms with Crippen molar-refractivity contribution in [3.8, 4) is 6.07 Å². The van der Waals surface area contributed by atoms with Crippen LogP contribution in [-0.4, -0.2) is 0 Å². The van der Waals surface area contributed by atoms with Crippen LogP contribution in [0.1, 0.15) is 11.1 Å². The lowest BCUT2D eigenvalue weighted by Crippen LogP contribution is -2.00. The molecule has 0 aromatic heterocycles. The van der Waals surface area contributed by atoms with Crippen LogP contribution in [-0.2, 0) is 6.54 Å². The highest BCUT2D eigenvalue weighted by molar-refractivity contribution is 9.10. The zero-order valence-corrected chi connectivity index (χ0v) is 11.0. The van der Waals surface area contributed by atoms with E-state index >= 15 is 0 Å². The van der Waals surface area contributed by atoms with Gasteiger partial charge in [-0.3, -0.25) is 0 Å². The van der Waals surface area contributed by atoms with E-state index in [0.717, 1.165) is 15.7 Å². The Bertz CT molecular complexity index is 605. The lowest BCUT2D eigenvalue weighted by molar-refractivity contribution is 0.626. The molecule has 0 radical (unpaired) electrons. The molecule has 0 heterocycles. The molecule has 90 valence electrons. The number of hydrogen-bond donors (Lipinski definition) is 1. The molecule has 4 heteroatoms. The van der Waals surface area contributed by atoms with Crippen LogP contribution in [0.5, 0.6) is 0 Å². The fraction of sp³-hybridized carbons (Fsp3) is 0.0714. The molecule has 0 unspecified atom stereocenters. The van der Waals surface area contributed by atoms with Gasteiger partial charge in [0.15, 0.2) is 0 Å². The highest BCUT2D eigenvalue weighted by Crippen LogP contribution is 2.24. The van der Waals surface area contributed by atoms with Gasteiger partial charge in [-0.05, 0) is 51.8 Å². The third-order valence-corrected chi connectivity index (χ3v) is 3.13. The van der Waals surface area contributed by atoms with Gasteiger partial charge in [0.2, 0.25) is 0 Å². The fourth-order valence-electron chi connectivity index (χ4n) is 1.57. The van der Waals surface area contributed by atoms with Crippen molar-refractivity contribution in [1.82, 2.24) is 0 Å². The van der Waals surface area contributed by atoms with Crippen LogP contribution in [0, 0.1) is 17.1 Å². The number of rotatable bonds is 3. The Kier molecular flexibility index (Phi) is 3.96. The van der Waals surface area contributed by atoms with E-state index in [1.807, 2.05) is 12.1 Å². The summed E-state index contributed by atoms with van der Waals surface area (Å²) in [5.41, 5.74) is 2.34. The van der Waals surface area contributed by atoms with Crippen molar-refractivity contribution < 1.29 is 4.39 Å². The van der Waals surface area contributed by atoms with Crippen LogP contribution in [0.2, 0.25) is 0 Å². The zero-order valence-electron chi connectivity index (χ0n) is 9.45. The van der Waals surface area contributed by atoms with E-state index < -0.39 is 0 Å². The van der Waals surface area contributed by atoms with Gasteiger partial charge in [0, 0.05) is 16.7 Å². The van der Waals surface area contributed by atoms with Gasteiger partial charge in [0.05, 0.1) is 11.6 Å². The Labute approximate surface area is 113 Å². The van der Waals surface area contributed by atoms with Crippen LogP contribution in [0.4, 0.5) is 10.1 Å². The minimum absolute atomic E-state index is 0.242. The van der Waals surface area contributed by atoms with E-state index in [0.29, 0.717) is 12.1 Å². The second-order valence-corrected chi connectivity index (χ2v) is 4.64. The number of nitrogens with zero attached hydrogens (tertiary/aromatic N) is 1. The normalized spacial score (nSPS) is 9.83. The van der Waals surface area contributed by atoms with Crippen molar-refractivity contribution in [3.63, 3.8) is 0 Å². The monoisotopic (exact) mass is 304 g/mol. The van der Waals surface area contributed by atoms with E-state index in [9.17, 15) is 4.39 Å². The Morgan fingerprint density at radius 1 is 1.22 bits per heavy atom. The molecular formula is C14H10BrFN2. The third-order valence-electron chi connectivity index (χ3n) is 2.47. The zero-order chi connectivity index (χ0) is 13.0. The van der Waals surface area contributed by atoms with Crippen molar-refractivity contribution in [2.75, 3.05) is 5.32 Å². The Hall–Kier alpha value is -1.86. The first-order valence-corrected chi connectivity index (χ1v) is 6.16. The number of halogens is 2. The van der Waals surface area contributed by atoms with Crippen molar-refractivity contribution in [2.45, 2.75) is 6.54 Å². The first-order valence-electron chi connectivity index (χ1n) is 5.37. The number of benzene rings is 2. The summed E-state index contributed by atoms with van der Waals surface area (Å²) < 4.78 is 13.8. The molecule has 18 heavy (non-hydrogen) atoms. The molecule has 0 amide bonds. The third kappa shape index (κ3) is 3.08. The highest BCUT2D eigenvalue weighted by atomic mass is 79.9. The number of hydrogen-bond acceptors (Lipinski definition) is 2. The molecular weight excluding hydrogens is 295 g/mol. The second-order valence-electron chi connectivity index (χ2n) is 3.79. The molecule has 0 aliphatic carbocycles. The Balaban J connectivity index is 2.09. The van der Waals surface area contributed by atoms with Gasteiger partial charge < -0.3 is 5.32 Å². The quantitative estimate of drug-likeness (QED) is 0.927. The maximum Gasteiger partial charge on any atom is 0.123 e. The van der Waals surface area contributed by atoms with Crippen LogP contribution in [0.25, 0.3) is 0 Å². The summed E-state index contributed by atoms with van der Waals surface area (Å²) in [5, 5.41) is 11.9. The van der Waals surface area contributed by atoms with Gasteiger partial charge in [0.1, 0.15) is 5.82 Å². The predicted molar refractivity (Wildman–Crippen MR) is 72.6 cm³/mol. The summed E-state index contributed by atoms with van der Waals surface area (Å²) in [6.45, 7) is 0.530. The number of anilines is 1. The lowest BCUT2D eigenvalue weighted by atomic mass is 10.2. The molecule has 0 fully saturated rings. The van der Waals surface area contributed by atoms with Crippen LogP contribution in [0.3, 0.4) is 0 Å². The summed E-state index contributed by atoms with van der Waals surface area (Å²) in [5.74, 6) is -0.242. The van der Waals surface area contributed by atoms with Crippen LogP contribution in [0.15, 0.2) is 46.9 Å². The summed E-state index contributed by atoms with van der Waals surface area (Å²) in [4.78, 5) is 0. The fourth-order valence-corrected chi connectivity index (χ4v) is 2.09. The summed E-state index contributed by atoms with van der Waals surface area (Å²) in [6, 6.07) is 13.8. The number of nitrogens with one attached hydrogen (secondary N) is 1. The second kappa shape index (κ2) is 5.65. The van der Waals surface area contributed by atoms with Gasteiger partial charge in [-0.1, -0.05) is 12.1 Å². The van der Waals surface area contributed by atoms with Gasteiger partial charge in [0.25, 0.3) is 0 Å². The standard InChI is InChI=1S/C14H10BrFN2/c15-13-7-10(8-17)4-5-14(13)18-9-11-2-1-3-12(16)6-11/h1-7,18H,9H2. The number of nitriles is 1. The van der Waals surface area contributed by atoms with Gasteiger partial charge >= 0.3 is 0 Å². The molecule has 0 atom stereocenters. The first kappa shape index (κ1) is 12.6. The summed E-state index contributed by atoms with van der Waals surface area (Å²) in [7, 11) is 0. The Morgan fingerprint density at radius 3 is 2.72 bits per heavy atom. The Morgan fingerprint density at radius 2 is 2.06 bits per heavy atom. The molecule has 1 N–H and O–H groups in total. The summed E-state index contributed by atoms with van der Waals surface area (Å²) in [6.07, 6.45) is 0. The van der Waals surface area contributed by atoms with Crippen molar-refractivity contribution in [2.24, 2.45) is 0 Å². The average Bonchev–Trinajstić information content (AvgIpc) is 2.37. The average molecular weight is 305 g/mol. The maximum absolute atomic E-state index is 13.0. The molecule has 2 aromatic rings. The van der Waals surface area contributed by atoms with Crippen molar-refractivity contribution >= 4 is 21.6 Å². The topological polar surface area (TPSA) is 35.8 Å². The molecule has 0 saturated heterocycles. The molecule has 2 aromatic carbocycles. The molecule has 2 nitrogen and oxygen atoms in total. The molecule has 2 rings (SSSR count). The lowest BCUT2D eigenvalue weighted by Gasteiger charge is -2.08. The molecule has 0 aliphatic rings. The maximum atomic E-state index is 13.0. The van der Waals surface area contributed by atoms with Crippen LogP contribution < -0.4 is 5.32 Å². The van der Waals surface area contributed by atoms with E-state index in [1.165, 1.54) is 12.1 Å². The predicted octanol–water partition coefficient (Wildman–Crippen LogP) is 4.07. The minimum Gasteiger partial charge on any atom is -0.380 e. The smallest absolute Gasteiger partial charge is 0.123 e. The van der Waals surface area contributed by atoms with Crippen LogP contribution >= 0.6 is 15.9 Å². The van der Waals surface area contributed by atoms with E-state index in [-0.39, 0.29) is 5.82 Å². The van der Waals surface area contributed by atoms with Gasteiger partial charge in [-0.15, -0.1) is 0 Å². The van der Waals surface area contributed by atoms with Gasteiger partial charge in [-0.25, -0.2) is 4.39 Å². The van der Waals surface area contributed by atoms with Gasteiger partial charge in [-0.2, -0.15) is 5.26 Å². The van der Waals surface area contributed by atoms with E-state index in [4.69, 9.17) is 5.26 Å². The SMILES string of the molecule is N#Cc1ccc(NCc2cccc(F)c2)c(Br)c1. The minimum atomic E-state index is -0.242. The molecule has 0 spiro atoms. The molecule has 0 saturated carbocycles. The summed E-state index contributed by atoms with van der Waals surface area (Å²) >= 11 is 3.39. The largest absolute Gasteiger partial charge is 0.380 e. The van der Waals surface area contributed by atoms with E-state index in [2.05, 4.69) is 27.3 Å². The highest BCUT2D eigenvalue weighted by Gasteiger charge is 2.01.